The van der Waals surface area contributed by atoms with Crippen molar-refractivity contribution in [3.8, 4) is 0 Å². The van der Waals surface area contributed by atoms with Gasteiger partial charge in [-0.15, -0.1) is 11.8 Å². The maximum atomic E-state index is 6.17. The van der Waals surface area contributed by atoms with E-state index in [-0.39, 0.29) is 0 Å². The molecule has 138 valence electrons. The van der Waals surface area contributed by atoms with Crippen molar-refractivity contribution in [2.24, 2.45) is 0 Å². The summed E-state index contributed by atoms with van der Waals surface area (Å²) < 4.78 is 0. The molecule has 6 heteroatoms. The number of hydrogen-bond acceptors (Lipinski definition) is 2. The molecule has 27 heavy (non-hydrogen) atoms. The Morgan fingerprint density at radius 1 is 0.926 bits per heavy atom. The van der Waals surface area contributed by atoms with Crippen LogP contribution in [-0.2, 0) is 12.3 Å². The van der Waals surface area contributed by atoms with Crippen molar-refractivity contribution < 1.29 is 0 Å². The Bertz CT molecular complexity index is 900. The lowest BCUT2D eigenvalue weighted by Crippen LogP contribution is -2.27. The van der Waals surface area contributed by atoms with E-state index in [1.54, 1.807) is 6.07 Å². The lowest BCUT2D eigenvalue weighted by molar-refractivity contribution is 0.926. The molecule has 0 amide bonds. The summed E-state index contributed by atoms with van der Waals surface area (Å²) in [6, 6.07) is 24.1. The number of thiocarbonyl (C=S) groups is 1. The van der Waals surface area contributed by atoms with Crippen LogP contribution in [0, 0.1) is 0 Å². The van der Waals surface area contributed by atoms with Crippen LogP contribution in [-0.4, -0.2) is 5.11 Å². The average Bonchev–Trinajstić information content (AvgIpc) is 2.67. The van der Waals surface area contributed by atoms with Crippen LogP contribution in [0.15, 0.2) is 77.7 Å². The average molecular weight is 433 g/mol. The molecule has 2 nitrogen and oxygen atoms in total. The van der Waals surface area contributed by atoms with Crippen molar-refractivity contribution in [2.45, 2.75) is 17.2 Å². The van der Waals surface area contributed by atoms with Crippen LogP contribution in [0.2, 0.25) is 10.0 Å². The normalized spacial score (nSPS) is 10.4. The highest BCUT2D eigenvalue weighted by atomic mass is 35.5. The van der Waals surface area contributed by atoms with E-state index in [1.165, 1.54) is 10.5 Å². The van der Waals surface area contributed by atoms with Crippen molar-refractivity contribution in [1.82, 2.24) is 5.32 Å². The summed E-state index contributed by atoms with van der Waals surface area (Å²) in [7, 11) is 0. The fraction of sp³-hybridized carbons (Fsp3) is 0.0952. The molecule has 0 unspecified atom stereocenters. The zero-order chi connectivity index (χ0) is 19.1. The summed E-state index contributed by atoms with van der Waals surface area (Å²) in [6.45, 7) is 0.535. The molecule has 3 aromatic carbocycles. The summed E-state index contributed by atoms with van der Waals surface area (Å²) in [5.74, 6) is 0.933. The topological polar surface area (TPSA) is 24.1 Å². The Morgan fingerprint density at radius 2 is 1.67 bits per heavy atom. The number of anilines is 1. The van der Waals surface area contributed by atoms with Crippen LogP contribution in [0.4, 0.5) is 5.69 Å². The minimum Gasteiger partial charge on any atom is -0.358 e. The van der Waals surface area contributed by atoms with Gasteiger partial charge in [0.25, 0.3) is 0 Å². The number of hydrogen-bond donors (Lipinski definition) is 2. The Hall–Kier alpha value is -1.72. The van der Waals surface area contributed by atoms with E-state index in [1.807, 2.05) is 42.1 Å². The molecule has 0 aromatic heterocycles. The summed E-state index contributed by atoms with van der Waals surface area (Å²) in [4.78, 5) is 1.27. The van der Waals surface area contributed by atoms with Gasteiger partial charge in [0.05, 0.1) is 0 Å². The molecule has 3 rings (SSSR count). The van der Waals surface area contributed by atoms with Crippen LogP contribution in [0.3, 0.4) is 0 Å². The molecule has 0 atom stereocenters. The Labute approximate surface area is 179 Å². The van der Waals surface area contributed by atoms with Gasteiger partial charge in [-0.05, 0) is 59.7 Å². The van der Waals surface area contributed by atoms with Crippen molar-refractivity contribution >= 4 is 58.0 Å². The molecular formula is C21H18Cl2N2S2. The maximum Gasteiger partial charge on any atom is 0.171 e. The first kappa shape index (κ1) is 20.0. The standard InChI is InChI=1S/C21H18Cl2N2S2/c22-17-9-8-16(20(23)12-17)13-24-21(26)25-18-10-6-15(7-11-18)14-27-19-4-2-1-3-5-19/h1-12H,13-14H2,(H2,24,25,26). The number of rotatable bonds is 6. The van der Waals surface area contributed by atoms with E-state index < -0.39 is 0 Å². The Balaban J connectivity index is 1.48. The van der Waals surface area contributed by atoms with Crippen molar-refractivity contribution in [3.05, 3.63) is 94.0 Å². The molecule has 0 aliphatic carbocycles. The summed E-state index contributed by atoms with van der Waals surface area (Å²) >= 11 is 19.3. The number of thioether (sulfide) groups is 1. The fourth-order valence-corrected chi connectivity index (χ4v) is 3.92. The molecule has 3 aromatic rings. The second kappa shape index (κ2) is 10.00. The third-order valence-electron chi connectivity index (χ3n) is 3.82. The van der Waals surface area contributed by atoms with Gasteiger partial charge in [0.2, 0.25) is 0 Å². The third-order valence-corrected chi connectivity index (χ3v) is 5.73. The van der Waals surface area contributed by atoms with E-state index in [0.29, 0.717) is 21.7 Å². The highest BCUT2D eigenvalue weighted by Crippen LogP contribution is 2.23. The SMILES string of the molecule is S=C(NCc1ccc(Cl)cc1Cl)Nc1ccc(CSc2ccccc2)cc1. The maximum absolute atomic E-state index is 6.17. The lowest BCUT2D eigenvalue weighted by Gasteiger charge is -2.12. The van der Waals surface area contributed by atoms with Gasteiger partial charge in [0.15, 0.2) is 5.11 Å². The van der Waals surface area contributed by atoms with E-state index >= 15 is 0 Å². The van der Waals surface area contributed by atoms with E-state index in [4.69, 9.17) is 35.4 Å². The lowest BCUT2D eigenvalue weighted by atomic mass is 10.2. The second-order valence-electron chi connectivity index (χ2n) is 5.84. The third kappa shape index (κ3) is 6.43. The summed E-state index contributed by atoms with van der Waals surface area (Å²) in [5, 5.41) is 8.14. The molecule has 0 saturated heterocycles. The Kier molecular flexibility index (Phi) is 7.41. The first-order valence-electron chi connectivity index (χ1n) is 8.36. The van der Waals surface area contributed by atoms with E-state index in [2.05, 4.69) is 47.0 Å². The highest BCUT2D eigenvalue weighted by molar-refractivity contribution is 7.98. The zero-order valence-electron chi connectivity index (χ0n) is 14.4. The van der Waals surface area contributed by atoms with Crippen LogP contribution in [0.5, 0.6) is 0 Å². The molecule has 0 heterocycles. The molecule has 0 aliphatic heterocycles. The summed E-state index contributed by atoms with van der Waals surface area (Å²) in [6.07, 6.45) is 0. The van der Waals surface area contributed by atoms with Gasteiger partial charge >= 0.3 is 0 Å². The predicted molar refractivity (Wildman–Crippen MR) is 122 cm³/mol. The van der Waals surface area contributed by atoms with Gasteiger partial charge < -0.3 is 10.6 Å². The molecule has 0 radical (unpaired) electrons. The van der Waals surface area contributed by atoms with Crippen LogP contribution < -0.4 is 10.6 Å². The fourth-order valence-electron chi connectivity index (χ4n) is 2.38. The molecule has 0 spiro atoms. The molecule has 0 bridgehead atoms. The van der Waals surface area contributed by atoms with Gasteiger partial charge in [-0.1, -0.05) is 59.6 Å². The number of halogens is 2. The van der Waals surface area contributed by atoms with Crippen molar-refractivity contribution in [1.29, 1.82) is 0 Å². The minimum absolute atomic E-state index is 0.535. The van der Waals surface area contributed by atoms with Crippen LogP contribution in [0.25, 0.3) is 0 Å². The number of benzene rings is 3. The molecular weight excluding hydrogens is 415 g/mol. The highest BCUT2D eigenvalue weighted by Gasteiger charge is 2.03. The minimum atomic E-state index is 0.535. The van der Waals surface area contributed by atoms with Gasteiger partial charge in [0, 0.05) is 32.9 Å². The van der Waals surface area contributed by atoms with Gasteiger partial charge in [-0.3, -0.25) is 0 Å². The van der Waals surface area contributed by atoms with Crippen LogP contribution >= 0.6 is 47.2 Å². The van der Waals surface area contributed by atoms with Crippen LogP contribution in [0.1, 0.15) is 11.1 Å². The Morgan fingerprint density at radius 3 is 2.37 bits per heavy atom. The zero-order valence-corrected chi connectivity index (χ0v) is 17.6. The number of nitrogens with one attached hydrogen (secondary N) is 2. The predicted octanol–water partition coefficient (Wildman–Crippen LogP) is 6.77. The van der Waals surface area contributed by atoms with Gasteiger partial charge in [-0.2, -0.15) is 0 Å². The van der Waals surface area contributed by atoms with Crippen molar-refractivity contribution in [3.63, 3.8) is 0 Å². The van der Waals surface area contributed by atoms with E-state index in [9.17, 15) is 0 Å². The van der Waals surface area contributed by atoms with Gasteiger partial charge in [-0.25, -0.2) is 0 Å². The molecule has 2 N–H and O–H groups in total. The molecule has 0 saturated carbocycles. The van der Waals surface area contributed by atoms with Crippen molar-refractivity contribution in [2.75, 3.05) is 5.32 Å². The first-order chi connectivity index (χ1) is 13.1. The smallest absolute Gasteiger partial charge is 0.171 e. The monoisotopic (exact) mass is 432 g/mol. The molecule has 0 aliphatic rings. The first-order valence-corrected chi connectivity index (χ1v) is 10.5. The second-order valence-corrected chi connectivity index (χ2v) is 8.14. The largest absolute Gasteiger partial charge is 0.358 e. The molecule has 0 fully saturated rings. The van der Waals surface area contributed by atoms with E-state index in [0.717, 1.165) is 17.0 Å². The van der Waals surface area contributed by atoms with Gasteiger partial charge in [0.1, 0.15) is 0 Å². The quantitative estimate of drug-likeness (QED) is 0.331. The summed E-state index contributed by atoms with van der Waals surface area (Å²) in [5.41, 5.74) is 3.16.